The molecule has 0 saturated carbocycles. The molecule has 0 aliphatic carbocycles. The van der Waals surface area contributed by atoms with E-state index in [-0.39, 0.29) is 5.56 Å². The summed E-state index contributed by atoms with van der Waals surface area (Å²) in [5.74, 6) is 0.727. The highest BCUT2D eigenvalue weighted by Gasteiger charge is 2.28. The van der Waals surface area contributed by atoms with Crippen molar-refractivity contribution in [3.8, 4) is 0 Å². The van der Waals surface area contributed by atoms with Crippen LogP contribution in [0.1, 0.15) is 29.2 Å². The predicted molar refractivity (Wildman–Crippen MR) is 93.3 cm³/mol. The van der Waals surface area contributed by atoms with E-state index in [0.29, 0.717) is 28.5 Å². The molecule has 4 rings (SSSR count). The van der Waals surface area contributed by atoms with Crippen molar-refractivity contribution < 1.29 is 4.90 Å². The van der Waals surface area contributed by atoms with Crippen LogP contribution in [0.4, 0.5) is 0 Å². The van der Waals surface area contributed by atoms with Crippen LogP contribution in [-0.2, 0) is 13.0 Å². The van der Waals surface area contributed by atoms with Crippen LogP contribution in [0.2, 0.25) is 5.02 Å². The van der Waals surface area contributed by atoms with Crippen molar-refractivity contribution in [2.75, 3.05) is 6.54 Å². The van der Waals surface area contributed by atoms with Crippen LogP contribution in [0.3, 0.4) is 0 Å². The summed E-state index contributed by atoms with van der Waals surface area (Å²) in [6.45, 7) is 4.02. The quantitative estimate of drug-likeness (QED) is 0.748. The fourth-order valence-corrected chi connectivity index (χ4v) is 4.50. The minimum Gasteiger partial charge on any atom is -0.322 e. The number of aromatic amines is 1. The normalized spacial score (nSPS) is 20.6. The molecule has 1 aromatic carbocycles. The fourth-order valence-electron chi connectivity index (χ4n) is 3.35. The van der Waals surface area contributed by atoms with E-state index in [0.717, 1.165) is 18.8 Å². The average molecular weight is 347 g/mol. The number of hydrogen-bond donors (Lipinski definition) is 2. The second kappa shape index (κ2) is 5.74. The number of rotatable bonds is 2. The SMILES string of the molecule is C[C@H]1c2ccsc2CC[NH+]1Cc1nc2cc(Cl)ccc2c(=O)[nH]1. The highest BCUT2D eigenvalue weighted by atomic mass is 35.5. The third-order valence-electron chi connectivity index (χ3n) is 4.64. The Morgan fingerprint density at radius 1 is 1.43 bits per heavy atom. The molecular formula is C17H17ClN3OS+. The summed E-state index contributed by atoms with van der Waals surface area (Å²) in [7, 11) is 0. The molecule has 0 bridgehead atoms. The van der Waals surface area contributed by atoms with E-state index in [4.69, 9.17) is 11.6 Å². The number of hydrogen-bond acceptors (Lipinski definition) is 3. The van der Waals surface area contributed by atoms with Gasteiger partial charge in [-0.2, -0.15) is 0 Å². The summed E-state index contributed by atoms with van der Waals surface area (Å²) in [4.78, 5) is 22.7. The zero-order chi connectivity index (χ0) is 16.0. The number of halogens is 1. The summed E-state index contributed by atoms with van der Waals surface area (Å²) in [5, 5.41) is 3.35. The highest BCUT2D eigenvalue weighted by molar-refractivity contribution is 7.10. The van der Waals surface area contributed by atoms with E-state index in [1.165, 1.54) is 15.3 Å². The Hall–Kier alpha value is -1.69. The van der Waals surface area contributed by atoms with Crippen LogP contribution < -0.4 is 10.5 Å². The van der Waals surface area contributed by atoms with Gasteiger partial charge in [-0.15, -0.1) is 11.3 Å². The van der Waals surface area contributed by atoms with Gasteiger partial charge in [-0.05, 0) is 36.6 Å². The molecule has 118 valence electrons. The lowest BCUT2D eigenvalue weighted by Gasteiger charge is -2.30. The summed E-state index contributed by atoms with van der Waals surface area (Å²) < 4.78 is 0. The first-order valence-electron chi connectivity index (χ1n) is 7.71. The molecule has 1 aliphatic heterocycles. The van der Waals surface area contributed by atoms with Crippen LogP contribution in [0, 0.1) is 0 Å². The highest BCUT2D eigenvalue weighted by Crippen LogP contribution is 2.24. The predicted octanol–water partition coefficient (Wildman–Crippen LogP) is 2.34. The molecule has 0 spiro atoms. The average Bonchev–Trinajstić information content (AvgIpc) is 2.99. The van der Waals surface area contributed by atoms with E-state index in [9.17, 15) is 4.79 Å². The molecule has 0 amide bonds. The molecule has 0 radical (unpaired) electrons. The van der Waals surface area contributed by atoms with Gasteiger partial charge in [0.05, 0.1) is 17.4 Å². The molecule has 3 heterocycles. The van der Waals surface area contributed by atoms with Crippen LogP contribution >= 0.6 is 22.9 Å². The number of quaternary nitrogens is 1. The summed E-state index contributed by atoms with van der Waals surface area (Å²) in [5.41, 5.74) is 2.00. The monoisotopic (exact) mass is 346 g/mol. The van der Waals surface area contributed by atoms with Crippen molar-refractivity contribution in [2.24, 2.45) is 0 Å². The third-order valence-corrected chi connectivity index (χ3v) is 5.88. The molecule has 1 unspecified atom stereocenters. The lowest BCUT2D eigenvalue weighted by Crippen LogP contribution is -3.11. The van der Waals surface area contributed by atoms with Gasteiger partial charge in [0.1, 0.15) is 12.6 Å². The van der Waals surface area contributed by atoms with Gasteiger partial charge >= 0.3 is 0 Å². The van der Waals surface area contributed by atoms with Gasteiger partial charge < -0.3 is 9.88 Å². The second-order valence-corrected chi connectivity index (χ2v) is 7.47. The maximum atomic E-state index is 12.2. The lowest BCUT2D eigenvalue weighted by molar-refractivity contribution is -0.945. The Morgan fingerprint density at radius 2 is 2.30 bits per heavy atom. The molecule has 1 aliphatic rings. The zero-order valence-corrected chi connectivity index (χ0v) is 14.3. The first-order chi connectivity index (χ1) is 11.1. The van der Waals surface area contributed by atoms with Crippen molar-refractivity contribution in [1.82, 2.24) is 9.97 Å². The van der Waals surface area contributed by atoms with E-state index < -0.39 is 0 Å². The van der Waals surface area contributed by atoms with E-state index in [1.54, 1.807) is 18.2 Å². The Labute approximate surface area is 142 Å². The van der Waals surface area contributed by atoms with Crippen molar-refractivity contribution in [3.05, 3.63) is 61.3 Å². The van der Waals surface area contributed by atoms with Crippen molar-refractivity contribution in [1.29, 1.82) is 0 Å². The van der Waals surface area contributed by atoms with Crippen molar-refractivity contribution in [2.45, 2.75) is 25.9 Å². The minimum absolute atomic E-state index is 0.0954. The molecule has 2 N–H and O–H groups in total. The van der Waals surface area contributed by atoms with E-state index in [1.807, 2.05) is 11.3 Å². The molecule has 6 heteroatoms. The van der Waals surface area contributed by atoms with Crippen LogP contribution in [-0.4, -0.2) is 16.5 Å². The summed E-state index contributed by atoms with van der Waals surface area (Å²) in [6, 6.07) is 7.84. The third kappa shape index (κ3) is 2.69. The topological polar surface area (TPSA) is 50.2 Å². The molecule has 23 heavy (non-hydrogen) atoms. The number of aromatic nitrogens is 2. The Morgan fingerprint density at radius 3 is 3.17 bits per heavy atom. The number of benzene rings is 1. The molecule has 0 fully saturated rings. The molecule has 3 aromatic rings. The van der Waals surface area contributed by atoms with E-state index >= 15 is 0 Å². The molecule has 0 saturated heterocycles. The second-order valence-electron chi connectivity index (χ2n) is 6.03. The minimum atomic E-state index is -0.0954. The number of H-pyrrole nitrogens is 1. The lowest BCUT2D eigenvalue weighted by atomic mass is 10.0. The Bertz CT molecular complexity index is 933. The van der Waals surface area contributed by atoms with E-state index in [2.05, 4.69) is 28.3 Å². The summed E-state index contributed by atoms with van der Waals surface area (Å²) >= 11 is 7.87. The maximum absolute atomic E-state index is 12.2. The van der Waals surface area contributed by atoms with Gasteiger partial charge in [-0.1, -0.05) is 11.6 Å². The zero-order valence-electron chi connectivity index (χ0n) is 12.7. The van der Waals surface area contributed by atoms with Gasteiger partial charge in [0, 0.05) is 21.9 Å². The van der Waals surface area contributed by atoms with Gasteiger partial charge in [-0.25, -0.2) is 4.98 Å². The number of nitrogens with one attached hydrogen (secondary N) is 2. The molecular weight excluding hydrogens is 330 g/mol. The fraction of sp³-hybridized carbons (Fsp3) is 0.294. The first kappa shape index (κ1) is 14.9. The van der Waals surface area contributed by atoms with Crippen molar-refractivity contribution >= 4 is 33.8 Å². The number of fused-ring (bicyclic) bond motifs is 2. The first-order valence-corrected chi connectivity index (χ1v) is 8.97. The summed E-state index contributed by atoms with van der Waals surface area (Å²) in [6.07, 6.45) is 1.09. The van der Waals surface area contributed by atoms with Crippen molar-refractivity contribution in [3.63, 3.8) is 0 Å². The molecule has 4 nitrogen and oxygen atoms in total. The molecule has 2 atom stereocenters. The number of thiophene rings is 1. The van der Waals surface area contributed by atoms with Crippen LogP contribution in [0.5, 0.6) is 0 Å². The van der Waals surface area contributed by atoms with Gasteiger partial charge in [0.15, 0.2) is 5.82 Å². The largest absolute Gasteiger partial charge is 0.322 e. The smallest absolute Gasteiger partial charge is 0.258 e. The standard InChI is InChI=1S/C17H16ClN3OS/c1-10-12-5-7-23-15(12)4-6-21(10)9-16-19-14-8-11(18)2-3-13(14)17(22)20-16/h2-3,5,7-8,10H,4,6,9H2,1H3,(H,19,20,22)/p+1/t10-/m0/s1. The molecule has 2 aromatic heterocycles. The van der Waals surface area contributed by atoms with Gasteiger partial charge in [-0.3, -0.25) is 4.79 Å². The Kier molecular flexibility index (Phi) is 3.71. The number of nitrogens with zero attached hydrogens (tertiary/aromatic N) is 1. The van der Waals surface area contributed by atoms with Gasteiger partial charge in [0.25, 0.3) is 5.56 Å². The van der Waals surface area contributed by atoms with Gasteiger partial charge in [0.2, 0.25) is 0 Å². The van der Waals surface area contributed by atoms with Crippen LogP contribution in [0.25, 0.3) is 10.9 Å². The van der Waals surface area contributed by atoms with Crippen LogP contribution in [0.15, 0.2) is 34.4 Å². The maximum Gasteiger partial charge on any atom is 0.258 e. The Balaban J connectivity index is 1.67.